The van der Waals surface area contributed by atoms with Gasteiger partial charge in [0.2, 0.25) is 0 Å². The number of benzene rings is 2. The third kappa shape index (κ3) is 5.46. The Hall–Kier alpha value is -2.60. The van der Waals surface area contributed by atoms with E-state index in [-0.39, 0.29) is 18.3 Å². The molecule has 0 bridgehead atoms. The SMILES string of the molecule is O=C(COc1ccccc1)NCCN1CCN(c2ccc(F)cc2)CC1. The molecule has 1 heterocycles. The number of ether oxygens (including phenoxy) is 1. The fourth-order valence-electron chi connectivity index (χ4n) is 2.95. The van der Waals surface area contributed by atoms with Gasteiger partial charge in [-0.3, -0.25) is 9.69 Å². The normalized spacial score (nSPS) is 14.9. The lowest BCUT2D eigenvalue weighted by molar-refractivity contribution is -0.123. The monoisotopic (exact) mass is 357 g/mol. The highest BCUT2D eigenvalue weighted by molar-refractivity contribution is 5.77. The summed E-state index contributed by atoms with van der Waals surface area (Å²) in [5.74, 6) is 0.373. The van der Waals surface area contributed by atoms with Crippen LogP contribution in [0.5, 0.6) is 5.75 Å². The summed E-state index contributed by atoms with van der Waals surface area (Å²) in [7, 11) is 0. The van der Waals surface area contributed by atoms with Gasteiger partial charge >= 0.3 is 0 Å². The quantitative estimate of drug-likeness (QED) is 0.825. The molecule has 0 radical (unpaired) electrons. The van der Waals surface area contributed by atoms with Gasteiger partial charge in [0.1, 0.15) is 11.6 Å². The molecule has 0 saturated carbocycles. The van der Waals surface area contributed by atoms with Crippen molar-refractivity contribution in [2.45, 2.75) is 0 Å². The van der Waals surface area contributed by atoms with Gasteiger partial charge in [-0.1, -0.05) is 18.2 Å². The molecule has 138 valence electrons. The molecule has 5 nitrogen and oxygen atoms in total. The van der Waals surface area contributed by atoms with E-state index in [0.29, 0.717) is 12.3 Å². The summed E-state index contributed by atoms with van der Waals surface area (Å²) in [5, 5.41) is 2.89. The van der Waals surface area contributed by atoms with Gasteiger partial charge in [0.05, 0.1) is 0 Å². The van der Waals surface area contributed by atoms with Crippen LogP contribution in [0.4, 0.5) is 10.1 Å². The van der Waals surface area contributed by atoms with Crippen molar-refractivity contribution in [3.05, 3.63) is 60.4 Å². The van der Waals surface area contributed by atoms with E-state index < -0.39 is 0 Å². The predicted molar refractivity (Wildman–Crippen MR) is 100.0 cm³/mol. The minimum absolute atomic E-state index is 0.0301. The topological polar surface area (TPSA) is 44.8 Å². The second kappa shape index (κ2) is 9.20. The van der Waals surface area contributed by atoms with E-state index in [4.69, 9.17) is 4.74 Å². The lowest BCUT2D eigenvalue weighted by Gasteiger charge is -2.36. The number of anilines is 1. The van der Waals surface area contributed by atoms with Crippen molar-refractivity contribution in [2.24, 2.45) is 0 Å². The number of hydrogen-bond donors (Lipinski definition) is 1. The Labute approximate surface area is 153 Å². The Morgan fingerprint density at radius 3 is 2.38 bits per heavy atom. The molecular weight excluding hydrogens is 333 g/mol. The number of carbonyl (C=O) groups excluding carboxylic acids is 1. The van der Waals surface area contributed by atoms with Crippen molar-refractivity contribution < 1.29 is 13.9 Å². The second-order valence-electron chi connectivity index (χ2n) is 6.26. The number of nitrogens with one attached hydrogen (secondary N) is 1. The minimum Gasteiger partial charge on any atom is -0.484 e. The fraction of sp³-hybridized carbons (Fsp3) is 0.350. The number of nitrogens with zero attached hydrogens (tertiary/aromatic N) is 2. The van der Waals surface area contributed by atoms with Crippen LogP contribution in [0.25, 0.3) is 0 Å². The Kier molecular flexibility index (Phi) is 6.44. The molecule has 2 aromatic rings. The molecule has 1 aliphatic rings. The number of amides is 1. The van der Waals surface area contributed by atoms with Gasteiger partial charge in [-0.25, -0.2) is 4.39 Å². The van der Waals surface area contributed by atoms with Gasteiger partial charge < -0.3 is 15.0 Å². The van der Waals surface area contributed by atoms with Gasteiger partial charge in [-0.15, -0.1) is 0 Å². The molecule has 3 rings (SSSR count). The van der Waals surface area contributed by atoms with E-state index in [1.807, 2.05) is 42.5 Å². The summed E-state index contributed by atoms with van der Waals surface area (Å²) in [6.45, 7) is 5.10. The highest BCUT2D eigenvalue weighted by Crippen LogP contribution is 2.16. The predicted octanol–water partition coefficient (Wildman–Crippen LogP) is 2.14. The first kappa shape index (κ1) is 18.2. The molecule has 1 aliphatic heterocycles. The zero-order valence-corrected chi connectivity index (χ0v) is 14.7. The molecule has 0 spiro atoms. The van der Waals surface area contributed by atoms with Crippen LogP contribution >= 0.6 is 0 Å². The Morgan fingerprint density at radius 2 is 1.69 bits per heavy atom. The smallest absolute Gasteiger partial charge is 0.257 e. The Balaban J connectivity index is 1.31. The fourth-order valence-corrected chi connectivity index (χ4v) is 2.95. The summed E-state index contributed by atoms with van der Waals surface area (Å²) < 4.78 is 18.4. The molecule has 0 aliphatic carbocycles. The largest absolute Gasteiger partial charge is 0.484 e. The highest BCUT2D eigenvalue weighted by atomic mass is 19.1. The molecule has 2 aromatic carbocycles. The number of para-hydroxylation sites is 1. The number of piperazine rings is 1. The van der Waals surface area contributed by atoms with Crippen molar-refractivity contribution in [1.82, 2.24) is 10.2 Å². The van der Waals surface area contributed by atoms with Crippen LogP contribution in [-0.4, -0.2) is 56.7 Å². The summed E-state index contributed by atoms with van der Waals surface area (Å²) in [5.41, 5.74) is 1.05. The lowest BCUT2D eigenvalue weighted by atomic mass is 10.2. The van der Waals surface area contributed by atoms with Gasteiger partial charge in [0, 0.05) is 45.0 Å². The Bertz CT molecular complexity index is 686. The van der Waals surface area contributed by atoms with Crippen LogP contribution in [0, 0.1) is 5.82 Å². The molecule has 6 heteroatoms. The number of carbonyl (C=O) groups is 1. The van der Waals surface area contributed by atoms with Crippen LogP contribution in [-0.2, 0) is 4.79 Å². The summed E-state index contributed by atoms with van der Waals surface area (Å²) in [6.07, 6.45) is 0. The zero-order chi connectivity index (χ0) is 18.2. The van der Waals surface area contributed by atoms with Crippen LogP contribution in [0.3, 0.4) is 0 Å². The van der Waals surface area contributed by atoms with E-state index in [9.17, 15) is 9.18 Å². The highest BCUT2D eigenvalue weighted by Gasteiger charge is 2.17. The van der Waals surface area contributed by atoms with Crippen molar-refractivity contribution in [2.75, 3.05) is 50.8 Å². The van der Waals surface area contributed by atoms with E-state index in [2.05, 4.69) is 15.1 Å². The van der Waals surface area contributed by atoms with Crippen LogP contribution in [0.1, 0.15) is 0 Å². The van der Waals surface area contributed by atoms with Gasteiger partial charge in [-0.05, 0) is 36.4 Å². The van der Waals surface area contributed by atoms with Crippen LogP contribution in [0.15, 0.2) is 54.6 Å². The Morgan fingerprint density at radius 1 is 1.00 bits per heavy atom. The first-order valence-electron chi connectivity index (χ1n) is 8.88. The van der Waals surface area contributed by atoms with Crippen molar-refractivity contribution in [3.63, 3.8) is 0 Å². The molecule has 0 aromatic heterocycles. The van der Waals surface area contributed by atoms with Crippen LogP contribution < -0.4 is 15.0 Å². The molecule has 1 saturated heterocycles. The summed E-state index contributed by atoms with van der Waals surface area (Å²) in [4.78, 5) is 16.4. The van der Waals surface area contributed by atoms with Gasteiger partial charge in [-0.2, -0.15) is 0 Å². The number of rotatable bonds is 7. The van der Waals surface area contributed by atoms with Gasteiger partial charge in [0.15, 0.2) is 6.61 Å². The molecule has 0 atom stereocenters. The molecule has 26 heavy (non-hydrogen) atoms. The molecule has 1 N–H and O–H groups in total. The summed E-state index contributed by atoms with van der Waals surface area (Å²) >= 11 is 0. The van der Waals surface area contributed by atoms with E-state index in [0.717, 1.165) is 38.4 Å². The third-order valence-electron chi connectivity index (χ3n) is 4.43. The number of halogens is 1. The maximum Gasteiger partial charge on any atom is 0.257 e. The zero-order valence-electron chi connectivity index (χ0n) is 14.7. The maximum absolute atomic E-state index is 13.0. The first-order chi connectivity index (χ1) is 12.7. The van der Waals surface area contributed by atoms with Crippen molar-refractivity contribution >= 4 is 11.6 Å². The molecule has 1 amide bonds. The standard InChI is InChI=1S/C20H24FN3O2/c21-17-6-8-18(9-7-17)24-14-12-23(13-15-24)11-10-22-20(25)16-26-19-4-2-1-3-5-19/h1-9H,10-16H2,(H,22,25). The van der Waals surface area contributed by atoms with Crippen molar-refractivity contribution in [3.8, 4) is 5.75 Å². The van der Waals surface area contributed by atoms with E-state index in [1.165, 1.54) is 12.1 Å². The average molecular weight is 357 g/mol. The number of hydrogen-bond acceptors (Lipinski definition) is 4. The van der Waals surface area contributed by atoms with Crippen molar-refractivity contribution in [1.29, 1.82) is 0 Å². The molecular formula is C20H24FN3O2. The minimum atomic E-state index is -0.209. The second-order valence-corrected chi connectivity index (χ2v) is 6.26. The van der Waals surface area contributed by atoms with E-state index >= 15 is 0 Å². The molecule has 0 unspecified atom stereocenters. The maximum atomic E-state index is 13.0. The average Bonchev–Trinajstić information content (AvgIpc) is 2.68. The molecule has 1 fully saturated rings. The van der Waals surface area contributed by atoms with Crippen LogP contribution in [0.2, 0.25) is 0 Å². The lowest BCUT2D eigenvalue weighted by Crippen LogP contribution is -2.48. The summed E-state index contributed by atoms with van der Waals surface area (Å²) in [6, 6.07) is 15.9. The van der Waals surface area contributed by atoms with E-state index in [1.54, 1.807) is 0 Å². The first-order valence-corrected chi connectivity index (χ1v) is 8.88. The van der Waals surface area contributed by atoms with Gasteiger partial charge in [0.25, 0.3) is 5.91 Å². The third-order valence-corrected chi connectivity index (χ3v) is 4.43.